The Morgan fingerprint density at radius 2 is 1.88 bits per heavy atom. The molecule has 0 saturated heterocycles. The first-order chi connectivity index (χ1) is 11.6. The highest BCUT2D eigenvalue weighted by atomic mass is 16.6. The highest BCUT2D eigenvalue weighted by molar-refractivity contribution is 6.13. The molecule has 120 valence electrons. The number of esters is 1. The van der Waals surface area contributed by atoms with E-state index in [0.29, 0.717) is 11.3 Å². The Morgan fingerprint density at radius 3 is 2.62 bits per heavy atom. The summed E-state index contributed by atoms with van der Waals surface area (Å²) in [7, 11) is 1.50. The minimum Gasteiger partial charge on any atom is -0.496 e. The first-order valence-electron chi connectivity index (χ1n) is 6.99. The Morgan fingerprint density at radius 1 is 1.17 bits per heavy atom. The first-order valence-corrected chi connectivity index (χ1v) is 6.99. The summed E-state index contributed by atoms with van der Waals surface area (Å²) in [5.41, 5.74) is 0.683. The Hall–Kier alpha value is -3.48. The van der Waals surface area contributed by atoms with Crippen LogP contribution in [0.1, 0.15) is 11.1 Å². The molecule has 2 aromatic rings. The summed E-state index contributed by atoms with van der Waals surface area (Å²) in [6.45, 7) is 0. The number of nitro benzene ring substituents is 1. The molecule has 0 N–H and O–H groups in total. The Balaban J connectivity index is 2.03. The summed E-state index contributed by atoms with van der Waals surface area (Å²) in [6.07, 6.45) is 1.34. The summed E-state index contributed by atoms with van der Waals surface area (Å²) < 4.78 is 10.4. The molecule has 0 aliphatic carbocycles. The number of benzene rings is 2. The number of aliphatic imine (C=N–C) groups is 1. The van der Waals surface area contributed by atoms with Crippen LogP contribution < -0.4 is 4.74 Å². The van der Waals surface area contributed by atoms with E-state index in [-0.39, 0.29) is 22.8 Å². The molecule has 0 aromatic heterocycles. The number of para-hydroxylation sites is 2. The number of carbonyl (C=O) groups excluding carboxylic acids is 1. The molecule has 0 atom stereocenters. The van der Waals surface area contributed by atoms with Gasteiger partial charge in [-0.25, -0.2) is 9.79 Å². The molecule has 0 unspecified atom stereocenters. The Bertz CT molecular complexity index is 886. The van der Waals surface area contributed by atoms with Crippen molar-refractivity contribution < 1.29 is 19.2 Å². The van der Waals surface area contributed by atoms with Gasteiger partial charge in [-0.15, -0.1) is 0 Å². The lowest BCUT2D eigenvalue weighted by Gasteiger charge is -2.05. The summed E-state index contributed by atoms with van der Waals surface area (Å²) in [5, 5.41) is 11.1. The van der Waals surface area contributed by atoms with Crippen LogP contribution in [-0.2, 0) is 9.53 Å². The third kappa shape index (κ3) is 2.87. The molecule has 1 aliphatic rings. The number of hydrogen-bond acceptors (Lipinski definition) is 6. The van der Waals surface area contributed by atoms with E-state index in [4.69, 9.17) is 9.47 Å². The van der Waals surface area contributed by atoms with Crippen LogP contribution in [0, 0.1) is 10.1 Å². The molecule has 0 amide bonds. The topological polar surface area (TPSA) is 91.0 Å². The van der Waals surface area contributed by atoms with Gasteiger partial charge in [0.2, 0.25) is 5.90 Å². The third-order valence-electron chi connectivity index (χ3n) is 3.38. The number of rotatable bonds is 4. The number of ether oxygens (including phenoxy) is 2. The predicted molar refractivity (Wildman–Crippen MR) is 86.7 cm³/mol. The van der Waals surface area contributed by atoms with Gasteiger partial charge in [-0.3, -0.25) is 10.1 Å². The van der Waals surface area contributed by atoms with Crippen molar-refractivity contribution in [3.63, 3.8) is 0 Å². The van der Waals surface area contributed by atoms with Crippen LogP contribution in [0.3, 0.4) is 0 Å². The number of methoxy groups -OCH3 is 1. The van der Waals surface area contributed by atoms with E-state index in [2.05, 4.69) is 4.99 Å². The first kappa shape index (κ1) is 15.4. The van der Waals surface area contributed by atoms with E-state index >= 15 is 0 Å². The minimum atomic E-state index is -0.672. The molecule has 0 fully saturated rings. The highest BCUT2D eigenvalue weighted by Gasteiger charge is 2.27. The average Bonchev–Trinajstić information content (AvgIpc) is 2.95. The van der Waals surface area contributed by atoms with Gasteiger partial charge in [0, 0.05) is 6.07 Å². The SMILES string of the molecule is COc1ccccc1C1=N/C(=C\c2ccccc2[N+](=O)[O-])C(=O)O1. The molecule has 0 bridgehead atoms. The summed E-state index contributed by atoms with van der Waals surface area (Å²) in [5.74, 6) is -0.0627. The number of nitro groups is 1. The van der Waals surface area contributed by atoms with E-state index in [1.807, 2.05) is 0 Å². The molecule has 1 aliphatic heterocycles. The monoisotopic (exact) mass is 324 g/mol. The number of carbonyl (C=O) groups is 1. The molecule has 0 radical (unpaired) electrons. The van der Waals surface area contributed by atoms with Gasteiger partial charge in [-0.1, -0.05) is 24.3 Å². The molecule has 2 aromatic carbocycles. The van der Waals surface area contributed by atoms with Crippen LogP contribution in [0.15, 0.2) is 59.2 Å². The third-order valence-corrected chi connectivity index (χ3v) is 3.38. The lowest BCUT2D eigenvalue weighted by atomic mass is 10.1. The molecular weight excluding hydrogens is 312 g/mol. The fourth-order valence-electron chi connectivity index (χ4n) is 2.27. The van der Waals surface area contributed by atoms with Gasteiger partial charge in [0.25, 0.3) is 5.69 Å². The quantitative estimate of drug-likeness (QED) is 0.373. The fourth-order valence-corrected chi connectivity index (χ4v) is 2.27. The van der Waals surface area contributed by atoms with Crippen LogP contribution in [0.4, 0.5) is 5.69 Å². The Labute approximate surface area is 137 Å². The smallest absolute Gasteiger partial charge is 0.363 e. The molecule has 0 spiro atoms. The van der Waals surface area contributed by atoms with E-state index in [1.165, 1.54) is 25.3 Å². The van der Waals surface area contributed by atoms with E-state index in [1.54, 1.807) is 36.4 Å². The van der Waals surface area contributed by atoms with Crippen molar-refractivity contribution in [2.75, 3.05) is 7.11 Å². The number of hydrogen-bond donors (Lipinski definition) is 0. The standard InChI is InChI=1S/C17H12N2O5/c1-23-15-9-5-3-7-12(15)16-18-13(17(20)24-16)10-11-6-2-4-8-14(11)19(21)22/h2-10H,1H3/b13-10-. The van der Waals surface area contributed by atoms with E-state index in [0.717, 1.165) is 0 Å². The second-order valence-electron chi connectivity index (χ2n) is 4.85. The second kappa shape index (κ2) is 6.33. The minimum absolute atomic E-state index is 0.00907. The summed E-state index contributed by atoms with van der Waals surface area (Å²) in [6, 6.07) is 13.1. The maximum Gasteiger partial charge on any atom is 0.363 e. The molecule has 1 heterocycles. The van der Waals surface area contributed by atoms with Gasteiger partial charge in [0.1, 0.15) is 5.75 Å². The molecule has 7 nitrogen and oxygen atoms in total. The van der Waals surface area contributed by atoms with Crippen molar-refractivity contribution in [2.45, 2.75) is 0 Å². The van der Waals surface area contributed by atoms with Crippen molar-refractivity contribution in [1.82, 2.24) is 0 Å². The fraction of sp³-hybridized carbons (Fsp3) is 0.0588. The van der Waals surface area contributed by atoms with Gasteiger partial charge in [-0.2, -0.15) is 0 Å². The van der Waals surface area contributed by atoms with Crippen molar-refractivity contribution in [3.8, 4) is 5.75 Å². The van der Waals surface area contributed by atoms with E-state index in [9.17, 15) is 14.9 Å². The van der Waals surface area contributed by atoms with Gasteiger partial charge in [0.05, 0.1) is 23.2 Å². The molecule has 7 heteroatoms. The maximum absolute atomic E-state index is 12.0. The van der Waals surface area contributed by atoms with Crippen LogP contribution >= 0.6 is 0 Å². The molecule has 24 heavy (non-hydrogen) atoms. The summed E-state index contributed by atoms with van der Waals surface area (Å²) >= 11 is 0. The summed E-state index contributed by atoms with van der Waals surface area (Å²) in [4.78, 5) is 26.7. The lowest BCUT2D eigenvalue weighted by Crippen LogP contribution is -2.06. The van der Waals surface area contributed by atoms with Gasteiger partial charge < -0.3 is 9.47 Å². The largest absolute Gasteiger partial charge is 0.496 e. The Kier molecular flexibility index (Phi) is 4.07. The lowest BCUT2D eigenvalue weighted by molar-refractivity contribution is -0.385. The maximum atomic E-state index is 12.0. The predicted octanol–water partition coefficient (Wildman–Crippen LogP) is 2.95. The number of nitrogens with zero attached hydrogens (tertiary/aromatic N) is 2. The zero-order chi connectivity index (χ0) is 17.1. The molecule has 0 saturated carbocycles. The van der Waals surface area contributed by atoms with E-state index < -0.39 is 10.9 Å². The molecular formula is C17H12N2O5. The molecule has 3 rings (SSSR count). The van der Waals surface area contributed by atoms with Crippen LogP contribution in [0.2, 0.25) is 0 Å². The van der Waals surface area contributed by atoms with Crippen molar-refractivity contribution >= 4 is 23.6 Å². The highest BCUT2D eigenvalue weighted by Crippen LogP contribution is 2.27. The average molecular weight is 324 g/mol. The number of cyclic esters (lactones) is 1. The van der Waals surface area contributed by atoms with Gasteiger partial charge >= 0.3 is 5.97 Å². The zero-order valence-electron chi connectivity index (χ0n) is 12.6. The second-order valence-corrected chi connectivity index (χ2v) is 4.85. The van der Waals surface area contributed by atoms with Crippen molar-refractivity contribution in [1.29, 1.82) is 0 Å². The van der Waals surface area contributed by atoms with Crippen LogP contribution in [0.25, 0.3) is 6.08 Å². The normalized spacial score (nSPS) is 15.1. The van der Waals surface area contributed by atoms with Gasteiger partial charge in [0.15, 0.2) is 5.70 Å². The van der Waals surface area contributed by atoms with Crippen molar-refractivity contribution in [2.24, 2.45) is 4.99 Å². The van der Waals surface area contributed by atoms with Crippen molar-refractivity contribution in [3.05, 3.63) is 75.5 Å². The van der Waals surface area contributed by atoms with Crippen LogP contribution in [0.5, 0.6) is 5.75 Å². The zero-order valence-corrected chi connectivity index (χ0v) is 12.6. The van der Waals surface area contributed by atoms with Crippen LogP contribution in [-0.4, -0.2) is 23.9 Å². The van der Waals surface area contributed by atoms with Gasteiger partial charge in [-0.05, 0) is 24.3 Å².